The van der Waals surface area contributed by atoms with Crippen molar-refractivity contribution in [2.75, 3.05) is 6.54 Å². The Hall–Kier alpha value is -0.880. The summed E-state index contributed by atoms with van der Waals surface area (Å²) < 4.78 is 0.958. The molecule has 0 radical (unpaired) electrons. The van der Waals surface area contributed by atoms with Gasteiger partial charge in [0.15, 0.2) is 0 Å². The Kier molecular flexibility index (Phi) is 4.07. The van der Waals surface area contributed by atoms with Crippen LogP contribution in [0.1, 0.15) is 34.5 Å². The normalized spacial score (nSPS) is 19.2. The number of carboxylic acids is 1. The molecule has 0 bridgehead atoms. The number of rotatable bonds is 3. The SMILES string of the molecule is Cc1cc(C(=O)N2CCCC2CC(=O)O)sc1Br. The van der Waals surface area contributed by atoms with E-state index in [-0.39, 0.29) is 18.4 Å². The summed E-state index contributed by atoms with van der Waals surface area (Å²) in [4.78, 5) is 25.5. The number of hydrogen-bond donors (Lipinski definition) is 1. The van der Waals surface area contributed by atoms with Gasteiger partial charge in [0.2, 0.25) is 0 Å². The molecule has 0 spiro atoms. The maximum atomic E-state index is 12.3. The van der Waals surface area contributed by atoms with Crippen LogP contribution in [0, 0.1) is 6.92 Å². The lowest BCUT2D eigenvalue weighted by Crippen LogP contribution is -2.36. The van der Waals surface area contributed by atoms with Gasteiger partial charge in [-0.3, -0.25) is 9.59 Å². The van der Waals surface area contributed by atoms with Crippen molar-refractivity contribution in [3.05, 3.63) is 20.3 Å². The molecule has 1 aliphatic heterocycles. The first kappa shape index (κ1) is 13.5. The molecule has 1 saturated heterocycles. The number of amides is 1. The van der Waals surface area contributed by atoms with Gasteiger partial charge in [-0.15, -0.1) is 11.3 Å². The van der Waals surface area contributed by atoms with Gasteiger partial charge in [0, 0.05) is 12.6 Å². The fourth-order valence-corrected chi connectivity index (χ4v) is 3.71. The minimum absolute atomic E-state index is 0.0390. The van der Waals surface area contributed by atoms with Gasteiger partial charge in [0.25, 0.3) is 5.91 Å². The van der Waals surface area contributed by atoms with E-state index in [9.17, 15) is 9.59 Å². The van der Waals surface area contributed by atoms with Crippen LogP contribution < -0.4 is 0 Å². The number of carboxylic acid groups (broad SMARTS) is 1. The lowest BCUT2D eigenvalue weighted by atomic mass is 10.1. The van der Waals surface area contributed by atoms with E-state index in [0.29, 0.717) is 11.4 Å². The molecule has 1 aromatic heterocycles. The summed E-state index contributed by atoms with van der Waals surface area (Å²) in [6.45, 7) is 2.60. The molecule has 0 aromatic carbocycles. The van der Waals surface area contributed by atoms with Crippen LogP contribution in [0.4, 0.5) is 0 Å². The highest BCUT2D eigenvalue weighted by atomic mass is 79.9. The molecule has 1 atom stereocenters. The predicted octanol–water partition coefficient (Wildman–Crippen LogP) is 2.90. The lowest BCUT2D eigenvalue weighted by molar-refractivity contribution is -0.137. The number of halogens is 1. The molecule has 6 heteroatoms. The summed E-state index contributed by atoms with van der Waals surface area (Å²) in [6, 6.07) is 1.70. The van der Waals surface area contributed by atoms with Gasteiger partial charge in [0.05, 0.1) is 15.1 Å². The van der Waals surface area contributed by atoms with Crippen LogP contribution in [0.2, 0.25) is 0 Å². The summed E-state index contributed by atoms with van der Waals surface area (Å²) >= 11 is 4.81. The third kappa shape index (κ3) is 2.75. The van der Waals surface area contributed by atoms with E-state index in [4.69, 9.17) is 5.11 Å². The highest BCUT2D eigenvalue weighted by molar-refractivity contribution is 9.11. The molecule has 1 unspecified atom stereocenters. The van der Waals surface area contributed by atoms with E-state index in [1.807, 2.05) is 13.0 Å². The Morgan fingerprint density at radius 2 is 2.33 bits per heavy atom. The summed E-state index contributed by atoms with van der Waals surface area (Å²) in [7, 11) is 0. The van der Waals surface area contributed by atoms with Crippen molar-refractivity contribution in [2.24, 2.45) is 0 Å². The third-order valence-electron chi connectivity index (χ3n) is 3.12. The van der Waals surface area contributed by atoms with Gasteiger partial charge in [-0.1, -0.05) is 0 Å². The van der Waals surface area contributed by atoms with Crippen molar-refractivity contribution < 1.29 is 14.7 Å². The van der Waals surface area contributed by atoms with Gasteiger partial charge in [-0.05, 0) is 47.3 Å². The fourth-order valence-electron chi connectivity index (χ4n) is 2.22. The molecule has 98 valence electrons. The Balaban J connectivity index is 2.15. The minimum atomic E-state index is -0.844. The molecule has 2 rings (SSSR count). The van der Waals surface area contributed by atoms with Crippen LogP contribution in [-0.4, -0.2) is 34.5 Å². The zero-order valence-electron chi connectivity index (χ0n) is 9.98. The topological polar surface area (TPSA) is 57.6 Å². The number of aliphatic carboxylic acids is 1. The van der Waals surface area contributed by atoms with Crippen molar-refractivity contribution in [1.29, 1.82) is 0 Å². The first-order chi connectivity index (χ1) is 8.49. The Morgan fingerprint density at radius 3 is 2.89 bits per heavy atom. The quantitative estimate of drug-likeness (QED) is 0.926. The summed E-state index contributed by atoms with van der Waals surface area (Å²) in [6.07, 6.45) is 1.70. The van der Waals surface area contributed by atoms with Crippen LogP contribution in [-0.2, 0) is 4.79 Å². The van der Waals surface area contributed by atoms with Crippen LogP contribution in [0.25, 0.3) is 0 Å². The van der Waals surface area contributed by atoms with Gasteiger partial charge in [-0.2, -0.15) is 0 Å². The second-order valence-electron chi connectivity index (χ2n) is 4.46. The average molecular weight is 332 g/mol. The fraction of sp³-hybridized carbons (Fsp3) is 0.500. The molecular formula is C12H14BrNO3S. The van der Waals surface area contributed by atoms with Crippen LogP contribution in [0.3, 0.4) is 0 Å². The Labute approximate surface area is 118 Å². The molecule has 2 heterocycles. The number of hydrogen-bond acceptors (Lipinski definition) is 3. The second kappa shape index (κ2) is 5.40. The van der Waals surface area contributed by atoms with Crippen molar-refractivity contribution in [3.8, 4) is 0 Å². The lowest BCUT2D eigenvalue weighted by Gasteiger charge is -2.22. The van der Waals surface area contributed by atoms with E-state index in [1.54, 1.807) is 4.90 Å². The average Bonchev–Trinajstić information content (AvgIpc) is 2.85. The third-order valence-corrected chi connectivity index (χ3v) is 5.24. The molecule has 1 fully saturated rings. The molecule has 1 aliphatic rings. The number of thiophene rings is 1. The standard InChI is InChI=1S/C12H14BrNO3S/c1-7-5-9(18-11(7)13)12(17)14-4-2-3-8(14)6-10(15)16/h5,8H,2-4,6H2,1H3,(H,15,16). The molecular weight excluding hydrogens is 318 g/mol. The van der Waals surface area contributed by atoms with Crippen LogP contribution >= 0.6 is 27.3 Å². The van der Waals surface area contributed by atoms with E-state index >= 15 is 0 Å². The number of nitrogens with zero attached hydrogens (tertiary/aromatic N) is 1. The number of carbonyl (C=O) groups is 2. The smallest absolute Gasteiger partial charge is 0.305 e. The molecule has 18 heavy (non-hydrogen) atoms. The van der Waals surface area contributed by atoms with E-state index < -0.39 is 5.97 Å². The molecule has 1 N–H and O–H groups in total. The minimum Gasteiger partial charge on any atom is -0.481 e. The summed E-state index contributed by atoms with van der Waals surface area (Å²) in [5.41, 5.74) is 1.04. The highest BCUT2D eigenvalue weighted by Crippen LogP contribution is 2.30. The summed E-state index contributed by atoms with van der Waals surface area (Å²) in [5, 5.41) is 8.85. The second-order valence-corrected chi connectivity index (χ2v) is 6.83. The van der Waals surface area contributed by atoms with Crippen molar-refractivity contribution in [1.82, 2.24) is 4.90 Å². The Bertz CT molecular complexity index is 466. The number of aryl methyl sites for hydroxylation is 1. The molecule has 0 aliphatic carbocycles. The largest absolute Gasteiger partial charge is 0.481 e. The van der Waals surface area contributed by atoms with Gasteiger partial charge in [-0.25, -0.2) is 0 Å². The molecule has 1 aromatic rings. The van der Waals surface area contributed by atoms with Crippen molar-refractivity contribution >= 4 is 39.1 Å². The van der Waals surface area contributed by atoms with E-state index in [0.717, 1.165) is 22.2 Å². The maximum Gasteiger partial charge on any atom is 0.305 e. The zero-order chi connectivity index (χ0) is 13.3. The number of likely N-dealkylation sites (tertiary alicyclic amines) is 1. The van der Waals surface area contributed by atoms with E-state index in [1.165, 1.54) is 11.3 Å². The van der Waals surface area contributed by atoms with E-state index in [2.05, 4.69) is 15.9 Å². The first-order valence-corrected chi connectivity index (χ1v) is 7.38. The van der Waals surface area contributed by atoms with Crippen LogP contribution in [0.15, 0.2) is 9.85 Å². The monoisotopic (exact) mass is 331 g/mol. The van der Waals surface area contributed by atoms with Crippen molar-refractivity contribution in [2.45, 2.75) is 32.2 Å². The summed E-state index contributed by atoms with van der Waals surface area (Å²) in [5.74, 6) is -0.888. The van der Waals surface area contributed by atoms with Gasteiger partial charge >= 0.3 is 5.97 Å². The van der Waals surface area contributed by atoms with Crippen molar-refractivity contribution in [3.63, 3.8) is 0 Å². The predicted molar refractivity (Wildman–Crippen MR) is 73.1 cm³/mol. The maximum absolute atomic E-state index is 12.3. The van der Waals surface area contributed by atoms with Gasteiger partial charge < -0.3 is 10.0 Å². The Morgan fingerprint density at radius 1 is 1.61 bits per heavy atom. The molecule has 0 saturated carbocycles. The zero-order valence-corrected chi connectivity index (χ0v) is 12.4. The van der Waals surface area contributed by atoms with Crippen LogP contribution in [0.5, 0.6) is 0 Å². The molecule has 4 nitrogen and oxygen atoms in total. The number of carbonyl (C=O) groups excluding carboxylic acids is 1. The highest BCUT2D eigenvalue weighted by Gasteiger charge is 2.31. The van der Waals surface area contributed by atoms with Gasteiger partial charge in [0.1, 0.15) is 0 Å². The first-order valence-electron chi connectivity index (χ1n) is 5.77. The molecule has 1 amide bonds.